The van der Waals surface area contributed by atoms with E-state index in [1.165, 1.54) is 0 Å². The quantitative estimate of drug-likeness (QED) is 0.437. The zero-order valence-corrected chi connectivity index (χ0v) is 21.1. The van der Waals surface area contributed by atoms with Gasteiger partial charge in [0.25, 0.3) is 0 Å². The molecule has 0 aliphatic heterocycles. The average Bonchev–Trinajstić information content (AvgIpc) is 3.03. The minimum atomic E-state index is -1.09. The molecule has 6 nitrogen and oxygen atoms in total. The Kier molecular flexibility index (Phi) is 8.17. The number of aliphatic hydroxyl groups excluding tert-OH is 1. The maximum Gasteiger partial charge on any atom is 0.326 e. The average molecular weight is 508 g/mol. The Hall–Kier alpha value is -2.28. The lowest BCUT2D eigenvalue weighted by Crippen LogP contribution is -2.49. The molecule has 3 atom stereocenters. The summed E-state index contributed by atoms with van der Waals surface area (Å²) in [6, 6.07) is 11.2. The maximum absolute atomic E-state index is 13.0. The van der Waals surface area contributed by atoms with Gasteiger partial charge in [0.05, 0.1) is 0 Å². The first-order valence-corrected chi connectivity index (χ1v) is 12.0. The van der Waals surface area contributed by atoms with Crippen LogP contribution in [-0.2, 0) is 22.6 Å². The molecule has 1 saturated carbocycles. The number of nitrogens with one attached hydrogen (secondary N) is 1. The molecule has 3 rings (SSSR count). The number of ether oxygens (including phenoxy) is 1. The first kappa shape index (κ1) is 26.3. The number of aliphatic carboxylic acids is 1. The van der Waals surface area contributed by atoms with Gasteiger partial charge in [-0.15, -0.1) is 0 Å². The molecule has 0 unspecified atom stereocenters. The van der Waals surface area contributed by atoms with Crippen molar-refractivity contribution in [3.63, 3.8) is 0 Å². The Balaban J connectivity index is 1.62. The van der Waals surface area contributed by atoms with Crippen LogP contribution in [0.3, 0.4) is 0 Å². The van der Waals surface area contributed by atoms with Crippen molar-refractivity contribution in [2.24, 2.45) is 16.7 Å². The van der Waals surface area contributed by atoms with Crippen LogP contribution < -0.4 is 10.1 Å². The van der Waals surface area contributed by atoms with Gasteiger partial charge in [-0.3, -0.25) is 4.79 Å². The van der Waals surface area contributed by atoms with E-state index in [2.05, 4.69) is 5.32 Å². The summed E-state index contributed by atoms with van der Waals surface area (Å²) >= 11 is 12.3. The SMILES string of the molecule is CC1(C)[C@H](C(=O)N[C@H](Cc2ccc(OCc3c(Cl)cccc3Cl)cc2)C(=O)O)CC[C@]1(C)CO. The largest absolute Gasteiger partial charge is 0.489 e. The van der Waals surface area contributed by atoms with Crippen LogP contribution in [0.2, 0.25) is 10.0 Å². The predicted molar refractivity (Wildman–Crippen MR) is 132 cm³/mol. The molecule has 1 aliphatic rings. The second kappa shape index (κ2) is 10.5. The lowest BCUT2D eigenvalue weighted by Gasteiger charge is -2.40. The first-order chi connectivity index (χ1) is 16.0. The van der Waals surface area contributed by atoms with Gasteiger partial charge in [0.2, 0.25) is 5.91 Å². The van der Waals surface area contributed by atoms with Crippen molar-refractivity contribution < 1.29 is 24.5 Å². The van der Waals surface area contributed by atoms with E-state index in [0.717, 1.165) is 5.56 Å². The standard InChI is InChI=1S/C26H31Cl2NO5/c1-25(2)19(11-12-26(25,3)15-30)23(31)29-22(24(32)33)13-16-7-9-17(10-8-16)34-14-18-20(27)5-4-6-21(18)28/h4-10,19,22,30H,11-15H2,1-3H3,(H,29,31)(H,32,33)/t19-,22+,26+/m0/s1. The molecule has 8 heteroatoms. The summed E-state index contributed by atoms with van der Waals surface area (Å²) in [5.41, 5.74) is 0.619. The molecular formula is C26H31Cl2NO5. The van der Waals surface area contributed by atoms with Crippen molar-refractivity contribution in [3.05, 3.63) is 63.6 Å². The number of halogens is 2. The van der Waals surface area contributed by atoms with Crippen molar-refractivity contribution in [2.75, 3.05) is 6.61 Å². The normalized spacial score (nSPS) is 22.2. The van der Waals surface area contributed by atoms with E-state index in [0.29, 0.717) is 34.2 Å². The number of benzene rings is 2. The van der Waals surface area contributed by atoms with Crippen LogP contribution in [0.4, 0.5) is 0 Å². The Morgan fingerprint density at radius 2 is 1.74 bits per heavy atom. The number of carboxylic acid groups (broad SMARTS) is 1. The van der Waals surface area contributed by atoms with Crippen LogP contribution in [-0.4, -0.2) is 34.7 Å². The van der Waals surface area contributed by atoms with E-state index in [4.69, 9.17) is 27.9 Å². The van der Waals surface area contributed by atoms with Crippen LogP contribution in [0.25, 0.3) is 0 Å². The fraction of sp³-hybridized carbons (Fsp3) is 0.462. The number of carboxylic acids is 1. The van der Waals surface area contributed by atoms with Gasteiger partial charge in [-0.05, 0) is 53.5 Å². The number of hydrogen-bond acceptors (Lipinski definition) is 4. The van der Waals surface area contributed by atoms with Crippen molar-refractivity contribution in [1.82, 2.24) is 5.32 Å². The summed E-state index contributed by atoms with van der Waals surface area (Å²) in [6.07, 6.45) is 1.47. The molecule has 0 spiro atoms. The number of rotatable bonds is 9. The fourth-order valence-corrected chi connectivity index (χ4v) is 5.07. The summed E-state index contributed by atoms with van der Waals surface area (Å²) in [5, 5.41) is 23.3. The van der Waals surface area contributed by atoms with Gasteiger partial charge in [-0.2, -0.15) is 0 Å². The van der Waals surface area contributed by atoms with Crippen LogP contribution in [0.15, 0.2) is 42.5 Å². The molecule has 1 fully saturated rings. The van der Waals surface area contributed by atoms with E-state index in [1.54, 1.807) is 42.5 Å². The van der Waals surface area contributed by atoms with Crippen LogP contribution >= 0.6 is 23.2 Å². The number of carbonyl (C=O) groups is 2. The van der Waals surface area contributed by atoms with E-state index < -0.39 is 17.4 Å². The fourth-order valence-electron chi connectivity index (χ4n) is 4.56. The highest BCUT2D eigenvalue weighted by atomic mass is 35.5. The Morgan fingerprint density at radius 3 is 2.26 bits per heavy atom. The van der Waals surface area contributed by atoms with Crippen LogP contribution in [0.1, 0.15) is 44.7 Å². The summed E-state index contributed by atoms with van der Waals surface area (Å²) in [7, 11) is 0. The molecule has 1 amide bonds. The second-order valence-corrected chi connectivity index (χ2v) is 10.6. The third-order valence-corrected chi connectivity index (χ3v) is 8.21. The zero-order chi connectivity index (χ0) is 25.1. The van der Waals surface area contributed by atoms with E-state index in [-0.39, 0.29) is 36.9 Å². The molecule has 3 N–H and O–H groups in total. The monoisotopic (exact) mass is 507 g/mol. The molecular weight excluding hydrogens is 477 g/mol. The number of amides is 1. The van der Waals surface area contributed by atoms with Gasteiger partial charge in [0.15, 0.2) is 0 Å². The number of aliphatic hydroxyl groups is 1. The molecule has 2 aromatic carbocycles. The Bertz CT molecular complexity index is 1020. The van der Waals surface area contributed by atoms with Gasteiger partial charge < -0.3 is 20.3 Å². The third kappa shape index (κ3) is 5.51. The van der Waals surface area contributed by atoms with Crippen molar-refractivity contribution in [3.8, 4) is 5.75 Å². The smallest absolute Gasteiger partial charge is 0.326 e. The molecule has 1 aliphatic carbocycles. The molecule has 0 bridgehead atoms. The number of hydrogen-bond donors (Lipinski definition) is 3. The zero-order valence-electron chi connectivity index (χ0n) is 19.6. The molecule has 2 aromatic rings. The molecule has 0 aromatic heterocycles. The summed E-state index contributed by atoms with van der Waals surface area (Å²) in [6.45, 7) is 6.09. The second-order valence-electron chi connectivity index (χ2n) is 9.77. The van der Waals surface area contributed by atoms with E-state index in [1.807, 2.05) is 20.8 Å². The first-order valence-electron chi connectivity index (χ1n) is 11.3. The molecule has 0 heterocycles. The summed E-state index contributed by atoms with van der Waals surface area (Å²) in [5.74, 6) is -1.15. The van der Waals surface area contributed by atoms with Crippen molar-refractivity contribution in [1.29, 1.82) is 0 Å². The van der Waals surface area contributed by atoms with Gasteiger partial charge in [-0.1, -0.05) is 62.2 Å². The lowest BCUT2D eigenvalue weighted by atomic mass is 9.66. The highest BCUT2D eigenvalue weighted by molar-refractivity contribution is 6.35. The van der Waals surface area contributed by atoms with Gasteiger partial charge in [0.1, 0.15) is 18.4 Å². The van der Waals surface area contributed by atoms with Crippen molar-refractivity contribution >= 4 is 35.1 Å². The highest BCUT2D eigenvalue weighted by Crippen LogP contribution is 2.55. The van der Waals surface area contributed by atoms with Crippen LogP contribution in [0, 0.1) is 16.7 Å². The molecule has 34 heavy (non-hydrogen) atoms. The Labute approximate surface area is 210 Å². The predicted octanol–water partition coefficient (Wildman–Crippen LogP) is 5.12. The molecule has 0 saturated heterocycles. The minimum Gasteiger partial charge on any atom is -0.489 e. The Morgan fingerprint density at radius 1 is 1.12 bits per heavy atom. The highest BCUT2D eigenvalue weighted by Gasteiger charge is 2.53. The summed E-state index contributed by atoms with van der Waals surface area (Å²) < 4.78 is 5.77. The molecule has 184 valence electrons. The topological polar surface area (TPSA) is 95.9 Å². The van der Waals surface area contributed by atoms with Gasteiger partial charge in [0, 0.05) is 34.6 Å². The minimum absolute atomic E-state index is 0.0107. The number of carbonyl (C=O) groups excluding carboxylic acids is 1. The molecule has 0 radical (unpaired) electrons. The van der Waals surface area contributed by atoms with Gasteiger partial charge >= 0.3 is 5.97 Å². The summed E-state index contributed by atoms with van der Waals surface area (Å²) in [4.78, 5) is 24.9. The van der Waals surface area contributed by atoms with E-state index in [9.17, 15) is 19.8 Å². The van der Waals surface area contributed by atoms with Crippen LogP contribution in [0.5, 0.6) is 5.75 Å². The van der Waals surface area contributed by atoms with E-state index >= 15 is 0 Å². The van der Waals surface area contributed by atoms with Crippen molar-refractivity contribution in [2.45, 2.75) is 52.7 Å². The van der Waals surface area contributed by atoms with Gasteiger partial charge in [-0.25, -0.2) is 4.79 Å². The third-order valence-electron chi connectivity index (χ3n) is 7.50. The lowest BCUT2D eigenvalue weighted by molar-refractivity contribution is -0.143. The maximum atomic E-state index is 13.0.